The minimum absolute atomic E-state index is 0.0353. The molecule has 2 aliphatic heterocycles. The number of amides is 1. The van der Waals surface area contributed by atoms with Gasteiger partial charge in [-0.2, -0.15) is 0 Å². The van der Waals surface area contributed by atoms with Gasteiger partial charge in [0.25, 0.3) is 0 Å². The van der Waals surface area contributed by atoms with Crippen LogP contribution < -0.4 is 5.32 Å². The second-order valence-electron chi connectivity index (χ2n) is 6.28. The fraction of sp³-hybridized carbons (Fsp3) is 0.733. The average Bonchev–Trinajstić information content (AvgIpc) is 2.86. The van der Waals surface area contributed by atoms with Crippen molar-refractivity contribution in [1.29, 1.82) is 0 Å². The van der Waals surface area contributed by atoms with Gasteiger partial charge in [0, 0.05) is 24.8 Å². The summed E-state index contributed by atoms with van der Waals surface area (Å²) in [5.74, 6) is -0.181. The molecule has 0 aliphatic carbocycles. The van der Waals surface area contributed by atoms with Crippen LogP contribution in [0.3, 0.4) is 0 Å². The number of hydrogen-bond donors (Lipinski definition) is 1. The number of rotatable bonds is 4. The maximum Gasteiger partial charge on any atom is 0.336 e. The molecule has 1 unspecified atom stereocenters. The van der Waals surface area contributed by atoms with Crippen molar-refractivity contribution in [2.75, 3.05) is 13.6 Å². The first-order valence-electron chi connectivity index (χ1n) is 7.36. The van der Waals surface area contributed by atoms with Crippen LogP contribution in [0, 0.1) is 0 Å². The van der Waals surface area contributed by atoms with Crippen molar-refractivity contribution in [2.45, 2.75) is 57.4 Å². The van der Waals surface area contributed by atoms with Crippen molar-refractivity contribution in [3.05, 3.63) is 10.6 Å². The fourth-order valence-corrected chi connectivity index (χ4v) is 4.32. The van der Waals surface area contributed by atoms with Crippen molar-refractivity contribution in [1.82, 2.24) is 10.2 Å². The summed E-state index contributed by atoms with van der Waals surface area (Å²) in [6.45, 7) is 8.76. The smallest absolute Gasteiger partial charge is 0.336 e. The molecule has 21 heavy (non-hydrogen) atoms. The Morgan fingerprint density at radius 3 is 2.71 bits per heavy atom. The molecule has 0 aromatic rings. The molecule has 0 bridgehead atoms. The summed E-state index contributed by atoms with van der Waals surface area (Å²) in [6, 6.07) is 0.113. The van der Waals surface area contributed by atoms with Gasteiger partial charge in [0.15, 0.2) is 0 Å². The molecule has 0 saturated carbocycles. The predicted octanol–water partition coefficient (Wildman–Crippen LogP) is 1.89. The zero-order valence-electron chi connectivity index (χ0n) is 13.4. The summed E-state index contributed by atoms with van der Waals surface area (Å²) in [5.41, 5.74) is 0.765. The molecular weight excluding hydrogens is 288 g/mol. The number of thioether (sulfide) groups is 1. The lowest BCUT2D eigenvalue weighted by Gasteiger charge is -2.30. The molecule has 0 aromatic heterocycles. The summed E-state index contributed by atoms with van der Waals surface area (Å²) in [4.78, 5) is 26.2. The first kappa shape index (κ1) is 16.2. The molecular formula is C15H24N2O3S. The van der Waals surface area contributed by atoms with E-state index in [1.54, 1.807) is 18.8 Å². The topological polar surface area (TPSA) is 58.6 Å². The number of carbonyl (C=O) groups excluding carboxylic acids is 2. The van der Waals surface area contributed by atoms with E-state index in [-0.39, 0.29) is 28.8 Å². The standard InChI is InChI=1S/C15H24N2O3S/c1-9(2)20-14(19)10-6-7-17-11(8-12(18)16-5)15(3,4)21-13(10)17/h9,11H,6-8H2,1-5H3,(H,16,18). The molecule has 6 heteroatoms. The van der Waals surface area contributed by atoms with E-state index >= 15 is 0 Å². The summed E-state index contributed by atoms with van der Waals surface area (Å²) >= 11 is 1.69. The number of fused-ring (bicyclic) bond motifs is 1. The molecule has 1 fully saturated rings. The molecule has 118 valence electrons. The van der Waals surface area contributed by atoms with E-state index in [0.717, 1.165) is 17.1 Å². The highest BCUT2D eigenvalue weighted by atomic mass is 32.2. The highest BCUT2D eigenvalue weighted by Crippen LogP contribution is 2.52. The molecule has 1 atom stereocenters. The van der Waals surface area contributed by atoms with Crippen molar-refractivity contribution in [2.24, 2.45) is 0 Å². The minimum atomic E-state index is -0.216. The lowest BCUT2D eigenvalue weighted by molar-refractivity contribution is -0.142. The van der Waals surface area contributed by atoms with E-state index < -0.39 is 0 Å². The Bertz CT molecular complexity index is 485. The first-order valence-corrected chi connectivity index (χ1v) is 8.18. The predicted molar refractivity (Wildman–Crippen MR) is 83.7 cm³/mol. The highest BCUT2D eigenvalue weighted by molar-refractivity contribution is 8.04. The number of hydrogen-bond acceptors (Lipinski definition) is 5. The van der Waals surface area contributed by atoms with Crippen molar-refractivity contribution in [3.63, 3.8) is 0 Å². The van der Waals surface area contributed by atoms with E-state index in [9.17, 15) is 9.59 Å². The Labute approximate surface area is 130 Å². The Balaban J connectivity index is 2.23. The van der Waals surface area contributed by atoms with E-state index in [1.807, 2.05) is 13.8 Å². The summed E-state index contributed by atoms with van der Waals surface area (Å²) in [6.07, 6.45) is 1.04. The van der Waals surface area contributed by atoms with E-state index in [4.69, 9.17) is 4.74 Å². The maximum absolute atomic E-state index is 12.2. The van der Waals surface area contributed by atoms with Gasteiger partial charge in [-0.1, -0.05) is 11.8 Å². The molecule has 2 heterocycles. The van der Waals surface area contributed by atoms with Crippen LogP contribution in [0.25, 0.3) is 0 Å². The third-order valence-electron chi connectivity index (χ3n) is 3.91. The summed E-state index contributed by atoms with van der Waals surface area (Å²) < 4.78 is 5.24. The molecule has 0 aromatic carbocycles. The van der Waals surface area contributed by atoms with Crippen LogP contribution in [0.5, 0.6) is 0 Å². The van der Waals surface area contributed by atoms with Crippen molar-refractivity contribution >= 4 is 23.6 Å². The van der Waals surface area contributed by atoms with Gasteiger partial charge in [-0.05, 0) is 34.1 Å². The molecule has 1 amide bonds. The highest BCUT2D eigenvalue weighted by Gasteiger charge is 2.49. The second-order valence-corrected chi connectivity index (χ2v) is 7.92. The van der Waals surface area contributed by atoms with Gasteiger partial charge in [0.05, 0.1) is 22.7 Å². The monoisotopic (exact) mass is 312 g/mol. The Hall–Kier alpha value is -1.17. The minimum Gasteiger partial charge on any atom is -0.460 e. The van der Waals surface area contributed by atoms with Crippen molar-refractivity contribution in [3.8, 4) is 0 Å². The van der Waals surface area contributed by atoms with Crippen LogP contribution in [0.1, 0.15) is 40.5 Å². The van der Waals surface area contributed by atoms with E-state index in [1.165, 1.54) is 0 Å². The Morgan fingerprint density at radius 2 is 2.14 bits per heavy atom. The first-order chi connectivity index (χ1) is 9.76. The van der Waals surface area contributed by atoms with Gasteiger partial charge in [0.2, 0.25) is 5.91 Å². The van der Waals surface area contributed by atoms with Gasteiger partial charge >= 0.3 is 5.97 Å². The van der Waals surface area contributed by atoms with Gasteiger partial charge < -0.3 is 15.0 Å². The number of nitrogens with zero attached hydrogens (tertiary/aromatic N) is 1. The number of ether oxygens (including phenoxy) is 1. The molecule has 1 saturated heterocycles. The van der Waals surface area contributed by atoms with Gasteiger partial charge in [0.1, 0.15) is 0 Å². The van der Waals surface area contributed by atoms with E-state index in [2.05, 4.69) is 24.1 Å². The van der Waals surface area contributed by atoms with Gasteiger partial charge in [-0.3, -0.25) is 4.79 Å². The molecule has 1 N–H and O–H groups in total. The molecule has 2 aliphatic rings. The van der Waals surface area contributed by atoms with Crippen LogP contribution in [0.4, 0.5) is 0 Å². The van der Waals surface area contributed by atoms with Crippen LogP contribution in [-0.4, -0.2) is 47.3 Å². The van der Waals surface area contributed by atoms with Crippen LogP contribution in [0.2, 0.25) is 0 Å². The van der Waals surface area contributed by atoms with Crippen LogP contribution >= 0.6 is 11.8 Å². The van der Waals surface area contributed by atoms with Crippen molar-refractivity contribution < 1.29 is 14.3 Å². The molecule has 5 nitrogen and oxygen atoms in total. The summed E-state index contributed by atoms with van der Waals surface area (Å²) in [5, 5.41) is 3.69. The SMILES string of the molecule is CNC(=O)CC1N2CCC(C(=O)OC(C)C)=C2SC1(C)C. The maximum atomic E-state index is 12.2. The molecule has 0 radical (unpaired) electrons. The van der Waals surface area contributed by atoms with Crippen LogP contribution in [-0.2, 0) is 14.3 Å². The van der Waals surface area contributed by atoms with Crippen LogP contribution in [0.15, 0.2) is 10.6 Å². The zero-order chi connectivity index (χ0) is 15.8. The lowest BCUT2D eigenvalue weighted by atomic mass is 9.98. The summed E-state index contributed by atoms with van der Waals surface area (Å²) in [7, 11) is 1.66. The largest absolute Gasteiger partial charge is 0.460 e. The number of nitrogens with one attached hydrogen (secondary N) is 1. The van der Waals surface area contributed by atoms with Gasteiger partial charge in [-0.15, -0.1) is 0 Å². The third kappa shape index (κ3) is 3.20. The quantitative estimate of drug-likeness (QED) is 0.803. The Kier molecular flexibility index (Phi) is 4.56. The average molecular weight is 312 g/mol. The molecule has 0 spiro atoms. The Morgan fingerprint density at radius 1 is 1.48 bits per heavy atom. The fourth-order valence-electron chi connectivity index (χ4n) is 2.83. The number of esters is 1. The second kappa shape index (κ2) is 5.91. The zero-order valence-corrected chi connectivity index (χ0v) is 14.2. The molecule has 2 rings (SSSR count). The lowest BCUT2D eigenvalue weighted by Crippen LogP contribution is -2.42. The van der Waals surface area contributed by atoms with Gasteiger partial charge in [-0.25, -0.2) is 4.79 Å². The number of carbonyl (C=O) groups is 2. The van der Waals surface area contributed by atoms with E-state index in [0.29, 0.717) is 12.8 Å². The third-order valence-corrected chi connectivity index (χ3v) is 5.38. The normalized spacial score (nSPS) is 23.5.